The van der Waals surface area contributed by atoms with Gasteiger partial charge >= 0.3 is 6.03 Å². The molecular formula is C36H45N7O4S. The highest BCUT2D eigenvalue weighted by molar-refractivity contribution is 7.91. The van der Waals surface area contributed by atoms with Gasteiger partial charge in [0.1, 0.15) is 11.6 Å². The summed E-state index contributed by atoms with van der Waals surface area (Å²) in [5.74, 6) is 1.24. The van der Waals surface area contributed by atoms with Crippen LogP contribution in [0.15, 0.2) is 77.8 Å². The van der Waals surface area contributed by atoms with Gasteiger partial charge in [0.05, 0.1) is 34.7 Å². The number of carbonyl (C=O) groups excluding carboxylic acids is 1. The summed E-state index contributed by atoms with van der Waals surface area (Å²) in [5, 5.41) is 13.3. The van der Waals surface area contributed by atoms with Crippen LogP contribution in [0.25, 0.3) is 5.69 Å². The van der Waals surface area contributed by atoms with Crippen LogP contribution in [-0.2, 0) is 20.0 Å². The number of piperidine rings is 1. The number of sulfone groups is 1. The van der Waals surface area contributed by atoms with Crippen LogP contribution in [0.5, 0.6) is 0 Å². The van der Waals surface area contributed by atoms with E-state index >= 15 is 0 Å². The van der Waals surface area contributed by atoms with E-state index in [0.717, 1.165) is 61.8 Å². The van der Waals surface area contributed by atoms with Crippen LogP contribution in [-0.4, -0.2) is 68.6 Å². The first-order chi connectivity index (χ1) is 23.0. The molecule has 2 aliphatic heterocycles. The highest BCUT2D eigenvalue weighted by Gasteiger charge is 2.37. The number of pyridine rings is 1. The highest BCUT2D eigenvalue weighted by atomic mass is 32.2. The van der Waals surface area contributed by atoms with Crippen molar-refractivity contribution in [3.8, 4) is 5.69 Å². The maximum atomic E-state index is 14.2. The predicted molar refractivity (Wildman–Crippen MR) is 189 cm³/mol. The molecule has 4 heterocycles. The number of amides is 2. The van der Waals surface area contributed by atoms with Gasteiger partial charge in [-0.1, -0.05) is 50.6 Å². The van der Waals surface area contributed by atoms with Gasteiger partial charge in [0, 0.05) is 36.5 Å². The molecule has 2 amide bonds. The number of nitrogens with one attached hydrogen (secondary N) is 3. The van der Waals surface area contributed by atoms with Gasteiger partial charge in [-0.05, 0) is 80.7 Å². The standard InChI is InChI=1S/C36H45N7O4S/c1-25-5-11-29(12-6-25)43-33(23-31(41-43)36(2,3)4)40-35(44)39-28-9-7-26(8-10-28)34(27-15-17-37-18-16-27)48(45,46)30-13-14-32(38-24-30)42-19-21-47-22-20-42/h5-14,23-24,27,34,37H,15-22H2,1-4H3,(H2,39,40,44). The lowest BCUT2D eigenvalue weighted by molar-refractivity contribution is 0.122. The van der Waals surface area contributed by atoms with E-state index in [-0.39, 0.29) is 16.2 Å². The Morgan fingerprint density at radius 3 is 2.27 bits per heavy atom. The number of rotatable bonds is 8. The Morgan fingerprint density at radius 2 is 1.65 bits per heavy atom. The Hall–Kier alpha value is -4.26. The second-order valence-electron chi connectivity index (χ2n) is 13.6. The van der Waals surface area contributed by atoms with E-state index in [1.54, 1.807) is 28.9 Å². The van der Waals surface area contributed by atoms with Crippen molar-refractivity contribution < 1.29 is 17.9 Å². The van der Waals surface area contributed by atoms with Crippen LogP contribution >= 0.6 is 0 Å². The maximum absolute atomic E-state index is 14.2. The molecule has 0 aliphatic carbocycles. The van der Waals surface area contributed by atoms with E-state index < -0.39 is 21.1 Å². The molecule has 1 unspecified atom stereocenters. The van der Waals surface area contributed by atoms with E-state index in [9.17, 15) is 13.2 Å². The van der Waals surface area contributed by atoms with Crippen LogP contribution < -0.4 is 20.9 Å². The SMILES string of the molecule is Cc1ccc(-n2nc(C(C)(C)C)cc2NC(=O)Nc2ccc(C(C3CCNCC3)S(=O)(=O)c3ccc(N4CCOCC4)nc3)cc2)cc1. The predicted octanol–water partition coefficient (Wildman–Crippen LogP) is 5.87. The number of nitrogens with zero attached hydrogens (tertiary/aromatic N) is 4. The third kappa shape index (κ3) is 7.56. The second kappa shape index (κ2) is 14.1. The molecular weight excluding hydrogens is 627 g/mol. The number of aromatic nitrogens is 3. The summed E-state index contributed by atoms with van der Waals surface area (Å²) in [6, 6.07) is 20.0. The fourth-order valence-corrected chi connectivity index (χ4v) is 8.32. The quantitative estimate of drug-likeness (QED) is 0.212. The molecule has 4 aromatic rings. The minimum absolute atomic E-state index is 0.0589. The first-order valence-corrected chi connectivity index (χ1v) is 18.1. The number of hydrogen-bond donors (Lipinski definition) is 3. The molecule has 254 valence electrons. The van der Waals surface area contributed by atoms with Crippen LogP contribution in [0, 0.1) is 12.8 Å². The fraction of sp³-hybridized carbons (Fsp3) is 0.417. The molecule has 0 spiro atoms. The summed E-state index contributed by atoms with van der Waals surface area (Å²) in [6.45, 7) is 12.5. The van der Waals surface area contributed by atoms with Crippen molar-refractivity contribution in [3.05, 3.63) is 89.7 Å². The minimum Gasteiger partial charge on any atom is -0.378 e. The van der Waals surface area contributed by atoms with Crippen molar-refractivity contribution in [3.63, 3.8) is 0 Å². The topological polar surface area (TPSA) is 130 Å². The minimum atomic E-state index is -3.76. The number of aryl methyl sites for hydroxylation is 1. The van der Waals surface area contributed by atoms with Gasteiger partial charge in [0.25, 0.3) is 0 Å². The van der Waals surface area contributed by atoms with Crippen molar-refractivity contribution in [1.82, 2.24) is 20.1 Å². The van der Waals surface area contributed by atoms with Gasteiger partial charge in [-0.25, -0.2) is 22.9 Å². The zero-order valence-corrected chi connectivity index (χ0v) is 28.9. The van der Waals surface area contributed by atoms with Crippen LogP contribution in [0.1, 0.15) is 55.7 Å². The van der Waals surface area contributed by atoms with Crippen LogP contribution in [0.3, 0.4) is 0 Å². The van der Waals surface area contributed by atoms with Gasteiger partial charge in [-0.15, -0.1) is 0 Å². The molecule has 0 bridgehead atoms. The van der Waals surface area contributed by atoms with Gasteiger partial charge in [0.2, 0.25) is 0 Å². The van der Waals surface area contributed by atoms with E-state index in [0.29, 0.717) is 30.3 Å². The molecule has 0 saturated carbocycles. The summed E-state index contributed by atoms with van der Waals surface area (Å²) in [5.41, 5.74) is 3.84. The number of anilines is 3. The van der Waals surface area contributed by atoms with Gasteiger partial charge in [0.15, 0.2) is 9.84 Å². The number of ether oxygens (including phenoxy) is 1. The number of hydrogen-bond acceptors (Lipinski definition) is 8. The first-order valence-electron chi connectivity index (χ1n) is 16.6. The Bertz CT molecular complexity index is 1800. The average Bonchev–Trinajstić information content (AvgIpc) is 3.51. The maximum Gasteiger partial charge on any atom is 0.324 e. The lowest BCUT2D eigenvalue weighted by Gasteiger charge is -2.31. The molecule has 48 heavy (non-hydrogen) atoms. The normalized spacial score (nSPS) is 16.8. The summed E-state index contributed by atoms with van der Waals surface area (Å²) >= 11 is 0. The van der Waals surface area contributed by atoms with Crippen molar-refractivity contribution >= 4 is 33.2 Å². The molecule has 12 heteroatoms. The van der Waals surface area contributed by atoms with Gasteiger partial charge in [-0.2, -0.15) is 5.10 Å². The van der Waals surface area contributed by atoms with E-state index in [4.69, 9.17) is 9.84 Å². The van der Waals surface area contributed by atoms with E-state index in [2.05, 4.69) is 46.6 Å². The Labute approximate surface area is 283 Å². The molecule has 2 aliphatic rings. The van der Waals surface area contributed by atoms with Crippen LogP contribution in [0.4, 0.5) is 22.1 Å². The van der Waals surface area contributed by atoms with Crippen molar-refractivity contribution in [1.29, 1.82) is 0 Å². The number of benzene rings is 2. The third-order valence-electron chi connectivity index (χ3n) is 9.03. The Balaban J connectivity index is 1.21. The Kier molecular flexibility index (Phi) is 9.86. The van der Waals surface area contributed by atoms with Crippen molar-refractivity contribution in [2.24, 2.45) is 5.92 Å². The molecule has 2 aromatic heterocycles. The monoisotopic (exact) mass is 671 g/mol. The molecule has 2 aromatic carbocycles. The lowest BCUT2D eigenvalue weighted by Crippen LogP contribution is -2.36. The summed E-state index contributed by atoms with van der Waals surface area (Å²) in [7, 11) is -3.76. The number of morpholine rings is 1. The Morgan fingerprint density at radius 1 is 0.958 bits per heavy atom. The molecule has 11 nitrogen and oxygen atoms in total. The molecule has 0 radical (unpaired) electrons. The largest absolute Gasteiger partial charge is 0.378 e. The summed E-state index contributed by atoms with van der Waals surface area (Å²) in [6.07, 6.45) is 2.98. The number of carbonyl (C=O) groups is 1. The highest BCUT2D eigenvalue weighted by Crippen LogP contribution is 2.40. The van der Waals surface area contributed by atoms with E-state index in [1.165, 1.54) is 6.20 Å². The zero-order chi connectivity index (χ0) is 33.9. The molecule has 2 fully saturated rings. The first kappa shape index (κ1) is 33.6. The zero-order valence-electron chi connectivity index (χ0n) is 28.1. The molecule has 6 rings (SSSR count). The molecule has 3 N–H and O–H groups in total. The van der Waals surface area contributed by atoms with Crippen molar-refractivity contribution in [2.75, 3.05) is 54.9 Å². The number of urea groups is 1. The van der Waals surface area contributed by atoms with Crippen LogP contribution in [0.2, 0.25) is 0 Å². The molecule has 1 atom stereocenters. The lowest BCUT2D eigenvalue weighted by atomic mass is 9.90. The summed E-state index contributed by atoms with van der Waals surface area (Å²) < 4.78 is 35.7. The smallest absolute Gasteiger partial charge is 0.324 e. The third-order valence-corrected chi connectivity index (χ3v) is 11.2. The fourth-order valence-electron chi connectivity index (χ4n) is 6.27. The van der Waals surface area contributed by atoms with Gasteiger partial charge in [-0.3, -0.25) is 5.32 Å². The summed E-state index contributed by atoms with van der Waals surface area (Å²) in [4.78, 5) is 20.1. The average molecular weight is 672 g/mol. The second-order valence-corrected chi connectivity index (χ2v) is 15.7. The van der Waals surface area contributed by atoms with Crippen molar-refractivity contribution in [2.45, 2.75) is 56.1 Å². The van der Waals surface area contributed by atoms with E-state index in [1.807, 2.05) is 49.4 Å². The molecule has 2 saturated heterocycles. The van der Waals surface area contributed by atoms with Gasteiger partial charge < -0.3 is 20.3 Å².